The Bertz CT molecular complexity index is 786. The lowest BCUT2D eigenvalue weighted by atomic mass is 9.76. The average Bonchev–Trinajstić information content (AvgIpc) is 3.38. The van der Waals surface area contributed by atoms with E-state index in [1.807, 2.05) is 12.2 Å². The molecule has 4 atom stereocenters. The fourth-order valence-electron chi connectivity index (χ4n) is 4.33. The van der Waals surface area contributed by atoms with Crippen molar-refractivity contribution in [2.24, 2.45) is 11.8 Å². The SMILES string of the molecule is COc1cccc(N2C(=O)[C@@H]3[C@H]4C=C[C@@](C5OCCO5)(O4)[C@H]3C2=O)c1. The molecule has 7 nitrogen and oxygen atoms in total. The summed E-state index contributed by atoms with van der Waals surface area (Å²) >= 11 is 0. The van der Waals surface area contributed by atoms with Crippen LogP contribution in [0.3, 0.4) is 0 Å². The van der Waals surface area contributed by atoms with Gasteiger partial charge in [0.2, 0.25) is 11.8 Å². The van der Waals surface area contributed by atoms with Crippen molar-refractivity contribution < 1.29 is 28.5 Å². The van der Waals surface area contributed by atoms with Crippen molar-refractivity contribution in [3.05, 3.63) is 36.4 Å². The van der Waals surface area contributed by atoms with E-state index in [4.69, 9.17) is 18.9 Å². The highest BCUT2D eigenvalue weighted by atomic mass is 16.7. The van der Waals surface area contributed by atoms with Crippen LogP contribution >= 0.6 is 0 Å². The summed E-state index contributed by atoms with van der Waals surface area (Å²) in [7, 11) is 1.54. The molecule has 0 aliphatic carbocycles. The number of carbonyl (C=O) groups is 2. The van der Waals surface area contributed by atoms with Crippen LogP contribution in [0.4, 0.5) is 5.69 Å². The molecule has 4 aliphatic rings. The minimum atomic E-state index is -1.02. The van der Waals surface area contributed by atoms with Gasteiger partial charge in [-0.15, -0.1) is 0 Å². The molecule has 4 aliphatic heterocycles. The first-order valence-corrected chi connectivity index (χ1v) is 8.28. The molecule has 0 aromatic heterocycles. The molecule has 3 fully saturated rings. The van der Waals surface area contributed by atoms with Crippen LogP contribution < -0.4 is 9.64 Å². The molecule has 1 aromatic carbocycles. The van der Waals surface area contributed by atoms with Crippen molar-refractivity contribution in [3.63, 3.8) is 0 Å². The molecule has 130 valence electrons. The number of amides is 2. The summed E-state index contributed by atoms with van der Waals surface area (Å²) in [5, 5.41) is 0. The normalized spacial score (nSPS) is 36.5. The number of methoxy groups -OCH3 is 1. The van der Waals surface area contributed by atoms with Gasteiger partial charge in [-0.1, -0.05) is 12.1 Å². The van der Waals surface area contributed by atoms with Gasteiger partial charge in [0.15, 0.2) is 11.9 Å². The number of hydrogen-bond acceptors (Lipinski definition) is 6. The number of rotatable bonds is 3. The Morgan fingerprint density at radius 3 is 2.76 bits per heavy atom. The van der Waals surface area contributed by atoms with Crippen LogP contribution in [-0.2, 0) is 23.8 Å². The van der Waals surface area contributed by atoms with Crippen LogP contribution in [0, 0.1) is 11.8 Å². The first-order chi connectivity index (χ1) is 12.2. The summed E-state index contributed by atoms with van der Waals surface area (Å²) in [6.07, 6.45) is 2.58. The minimum Gasteiger partial charge on any atom is -0.497 e. The van der Waals surface area contributed by atoms with E-state index in [2.05, 4.69) is 0 Å². The third-order valence-electron chi connectivity index (χ3n) is 5.38. The highest BCUT2D eigenvalue weighted by molar-refractivity contribution is 6.23. The van der Waals surface area contributed by atoms with E-state index in [0.717, 1.165) is 0 Å². The lowest BCUT2D eigenvalue weighted by Gasteiger charge is -2.32. The largest absolute Gasteiger partial charge is 0.497 e. The number of fused-ring (bicyclic) bond motifs is 5. The van der Waals surface area contributed by atoms with Crippen molar-refractivity contribution in [3.8, 4) is 5.75 Å². The maximum absolute atomic E-state index is 13.2. The van der Waals surface area contributed by atoms with Gasteiger partial charge in [-0.2, -0.15) is 0 Å². The van der Waals surface area contributed by atoms with Crippen molar-refractivity contribution in [1.29, 1.82) is 0 Å². The van der Waals surface area contributed by atoms with Crippen LogP contribution in [-0.4, -0.2) is 50.1 Å². The molecule has 2 amide bonds. The fourth-order valence-corrected chi connectivity index (χ4v) is 4.33. The zero-order chi connectivity index (χ0) is 17.2. The molecule has 0 N–H and O–H groups in total. The smallest absolute Gasteiger partial charge is 0.241 e. The summed E-state index contributed by atoms with van der Waals surface area (Å²) in [6.45, 7) is 0.904. The van der Waals surface area contributed by atoms with Gasteiger partial charge >= 0.3 is 0 Å². The lowest BCUT2D eigenvalue weighted by Crippen LogP contribution is -2.49. The summed E-state index contributed by atoms with van der Waals surface area (Å²) in [5.41, 5.74) is -0.516. The third kappa shape index (κ3) is 1.85. The molecule has 2 bridgehead atoms. The maximum atomic E-state index is 13.2. The van der Waals surface area contributed by atoms with Gasteiger partial charge in [-0.3, -0.25) is 9.59 Å². The number of ether oxygens (including phenoxy) is 4. The lowest BCUT2D eigenvalue weighted by molar-refractivity contribution is -0.180. The first kappa shape index (κ1) is 15.1. The number of imide groups is 1. The van der Waals surface area contributed by atoms with Gasteiger partial charge in [0.05, 0.1) is 44.0 Å². The van der Waals surface area contributed by atoms with E-state index in [9.17, 15) is 9.59 Å². The van der Waals surface area contributed by atoms with Crippen molar-refractivity contribution in [2.45, 2.75) is 18.0 Å². The molecule has 25 heavy (non-hydrogen) atoms. The summed E-state index contributed by atoms with van der Waals surface area (Å²) in [5.74, 6) is -1.13. The summed E-state index contributed by atoms with van der Waals surface area (Å²) in [4.78, 5) is 27.4. The van der Waals surface area contributed by atoms with E-state index < -0.39 is 29.8 Å². The molecule has 0 unspecified atom stereocenters. The van der Waals surface area contributed by atoms with Crippen LogP contribution in [0.25, 0.3) is 0 Å². The molecule has 5 rings (SSSR count). The minimum absolute atomic E-state index is 0.252. The quantitative estimate of drug-likeness (QED) is 0.599. The van der Waals surface area contributed by atoms with Crippen LogP contribution in [0.15, 0.2) is 36.4 Å². The van der Waals surface area contributed by atoms with E-state index >= 15 is 0 Å². The van der Waals surface area contributed by atoms with Gasteiger partial charge in [-0.25, -0.2) is 4.90 Å². The maximum Gasteiger partial charge on any atom is 0.241 e. The Hall–Kier alpha value is -2.22. The second kappa shape index (κ2) is 5.14. The molecule has 3 saturated heterocycles. The second-order valence-electron chi connectivity index (χ2n) is 6.59. The zero-order valence-electron chi connectivity index (χ0n) is 13.6. The molecule has 7 heteroatoms. The molecule has 4 heterocycles. The Kier molecular flexibility index (Phi) is 3.10. The predicted octanol–water partition coefficient (Wildman–Crippen LogP) is 0.881. The molecular formula is C18H17NO6. The van der Waals surface area contributed by atoms with Crippen LogP contribution in [0.5, 0.6) is 5.75 Å². The number of hydrogen-bond donors (Lipinski definition) is 0. The van der Waals surface area contributed by atoms with E-state index in [0.29, 0.717) is 24.7 Å². The molecule has 0 saturated carbocycles. The Labute approximate surface area is 144 Å². The van der Waals surface area contributed by atoms with Crippen LogP contribution in [0.2, 0.25) is 0 Å². The topological polar surface area (TPSA) is 74.3 Å². The second-order valence-corrected chi connectivity index (χ2v) is 6.59. The van der Waals surface area contributed by atoms with Crippen LogP contribution in [0.1, 0.15) is 0 Å². The monoisotopic (exact) mass is 343 g/mol. The van der Waals surface area contributed by atoms with Crippen molar-refractivity contribution >= 4 is 17.5 Å². The number of benzene rings is 1. The Balaban J connectivity index is 1.55. The summed E-state index contributed by atoms with van der Waals surface area (Å²) < 4.78 is 22.5. The molecule has 1 aromatic rings. The average molecular weight is 343 g/mol. The summed E-state index contributed by atoms with van der Waals surface area (Å²) in [6, 6.07) is 6.93. The Morgan fingerprint density at radius 1 is 1.20 bits per heavy atom. The fraction of sp³-hybridized carbons (Fsp3) is 0.444. The third-order valence-corrected chi connectivity index (χ3v) is 5.38. The van der Waals surface area contributed by atoms with E-state index in [-0.39, 0.29) is 11.8 Å². The predicted molar refractivity (Wildman–Crippen MR) is 84.9 cm³/mol. The first-order valence-electron chi connectivity index (χ1n) is 8.28. The van der Waals surface area contributed by atoms with Gasteiger partial charge in [0.1, 0.15) is 5.75 Å². The zero-order valence-corrected chi connectivity index (χ0v) is 13.6. The van der Waals surface area contributed by atoms with E-state index in [1.54, 1.807) is 31.4 Å². The van der Waals surface area contributed by atoms with Gasteiger partial charge in [0, 0.05) is 6.07 Å². The molecule has 0 radical (unpaired) electrons. The van der Waals surface area contributed by atoms with Gasteiger partial charge in [0.25, 0.3) is 0 Å². The number of anilines is 1. The van der Waals surface area contributed by atoms with Crippen molar-refractivity contribution in [1.82, 2.24) is 0 Å². The number of nitrogens with zero attached hydrogens (tertiary/aromatic N) is 1. The van der Waals surface area contributed by atoms with Gasteiger partial charge in [-0.05, 0) is 18.2 Å². The molecular weight excluding hydrogens is 326 g/mol. The highest BCUT2D eigenvalue weighted by Gasteiger charge is 2.71. The Morgan fingerprint density at radius 2 is 2.00 bits per heavy atom. The van der Waals surface area contributed by atoms with E-state index in [1.165, 1.54) is 4.90 Å². The highest BCUT2D eigenvalue weighted by Crippen LogP contribution is 2.55. The number of carbonyl (C=O) groups excluding carboxylic acids is 2. The molecule has 0 spiro atoms. The standard InChI is InChI=1S/C18H17NO6/c1-22-11-4-2-3-10(9-11)19-15(20)13-12-5-6-18(25-12,14(13)16(19)21)17-23-7-8-24-17/h2-6,9,12-14,17H,7-8H2,1H3/t12-,13-,14-,18-/m1/s1. The van der Waals surface area contributed by atoms with Gasteiger partial charge < -0.3 is 18.9 Å². The van der Waals surface area contributed by atoms with Crippen molar-refractivity contribution in [2.75, 3.05) is 25.2 Å².